The van der Waals surface area contributed by atoms with E-state index in [1.165, 1.54) is 47.1 Å². The highest BCUT2D eigenvalue weighted by Gasteiger charge is 2.12. The Morgan fingerprint density at radius 3 is 2.54 bits per heavy atom. The lowest BCUT2D eigenvalue weighted by atomic mass is 10.0. The van der Waals surface area contributed by atoms with Crippen molar-refractivity contribution < 1.29 is 4.79 Å². The molecule has 1 aromatic heterocycles. The second kappa shape index (κ2) is 7.87. The number of rotatable bonds is 4. The topological polar surface area (TPSA) is 70.1 Å². The first-order chi connectivity index (χ1) is 13.6. The summed E-state index contributed by atoms with van der Waals surface area (Å²) in [4.78, 5) is 15.6. The van der Waals surface area contributed by atoms with E-state index < -0.39 is 5.91 Å². The second-order valence-corrected chi connectivity index (χ2v) is 8.15. The molecule has 0 atom stereocenters. The number of fused-ring (bicyclic) bond motifs is 1. The maximum atomic E-state index is 11.2. The van der Waals surface area contributed by atoms with Gasteiger partial charge in [0.1, 0.15) is 11.6 Å². The van der Waals surface area contributed by atoms with E-state index in [1.807, 2.05) is 18.2 Å². The third-order valence-electron chi connectivity index (χ3n) is 5.13. The maximum Gasteiger partial charge on any atom is 0.259 e. The van der Waals surface area contributed by atoms with Crippen LogP contribution in [0.5, 0.6) is 0 Å². The summed E-state index contributed by atoms with van der Waals surface area (Å²) in [6, 6.07) is 18.9. The number of thiophene rings is 1. The molecular formula is C23H21N3OS. The number of nitrogens with two attached hydrogens (primary N) is 1. The van der Waals surface area contributed by atoms with Crippen molar-refractivity contribution in [2.45, 2.75) is 19.3 Å². The molecule has 3 aromatic rings. The molecule has 1 saturated heterocycles. The number of piperidine rings is 1. The van der Waals surface area contributed by atoms with Crippen molar-refractivity contribution in [1.29, 1.82) is 5.26 Å². The molecule has 0 spiro atoms. The zero-order valence-electron chi connectivity index (χ0n) is 15.5. The van der Waals surface area contributed by atoms with E-state index in [-0.39, 0.29) is 5.57 Å². The number of carbonyl (C=O) groups is 1. The van der Waals surface area contributed by atoms with Gasteiger partial charge in [0, 0.05) is 28.5 Å². The Kier molecular flexibility index (Phi) is 5.14. The number of carbonyl (C=O) groups excluding carboxylic acids is 1. The minimum Gasteiger partial charge on any atom is -0.372 e. The van der Waals surface area contributed by atoms with Gasteiger partial charge in [0.05, 0.1) is 0 Å². The molecule has 4 nitrogen and oxygen atoms in total. The number of amides is 1. The molecular weight excluding hydrogens is 366 g/mol. The van der Waals surface area contributed by atoms with Crippen molar-refractivity contribution in [2.24, 2.45) is 5.73 Å². The summed E-state index contributed by atoms with van der Waals surface area (Å²) >= 11 is 1.54. The molecule has 5 heteroatoms. The molecule has 140 valence electrons. The van der Waals surface area contributed by atoms with Crippen LogP contribution in [0.1, 0.15) is 24.1 Å². The molecule has 0 bridgehead atoms. The van der Waals surface area contributed by atoms with E-state index in [1.54, 1.807) is 6.08 Å². The lowest BCUT2D eigenvalue weighted by Gasteiger charge is -2.29. The van der Waals surface area contributed by atoms with E-state index in [2.05, 4.69) is 41.3 Å². The van der Waals surface area contributed by atoms with Gasteiger partial charge in [-0.3, -0.25) is 4.79 Å². The summed E-state index contributed by atoms with van der Waals surface area (Å²) in [6.45, 7) is 2.29. The summed E-state index contributed by atoms with van der Waals surface area (Å²) in [6.07, 6.45) is 5.42. The molecule has 4 rings (SSSR count). The normalized spacial score (nSPS) is 14.8. The third kappa shape index (κ3) is 3.78. The smallest absolute Gasteiger partial charge is 0.259 e. The van der Waals surface area contributed by atoms with Gasteiger partial charge in [-0.2, -0.15) is 5.26 Å². The molecule has 1 aliphatic rings. The van der Waals surface area contributed by atoms with Gasteiger partial charge in [-0.15, -0.1) is 11.3 Å². The molecule has 2 N–H and O–H groups in total. The van der Waals surface area contributed by atoms with Crippen molar-refractivity contribution in [3.8, 4) is 16.5 Å². The fraction of sp³-hybridized carbons (Fsp3) is 0.217. The molecule has 1 fully saturated rings. The Balaban J connectivity index is 1.62. The standard InChI is InChI=1S/C23H21N3OS/c24-15-19(23(25)27)14-21-8-9-22(28-21)18-5-4-17-13-20(7-6-16(17)12-18)26-10-2-1-3-11-26/h4-9,12-14H,1-3,10-11H2,(H2,25,27). The molecule has 1 amide bonds. The van der Waals surface area contributed by atoms with Crippen LogP contribution < -0.4 is 10.6 Å². The van der Waals surface area contributed by atoms with Gasteiger partial charge in [-0.1, -0.05) is 18.2 Å². The Labute approximate surface area is 168 Å². The zero-order valence-corrected chi connectivity index (χ0v) is 16.3. The Morgan fingerprint density at radius 2 is 1.79 bits per heavy atom. The van der Waals surface area contributed by atoms with Gasteiger partial charge >= 0.3 is 0 Å². The number of anilines is 1. The van der Waals surface area contributed by atoms with Crippen molar-refractivity contribution in [1.82, 2.24) is 0 Å². The van der Waals surface area contributed by atoms with E-state index in [0.717, 1.165) is 28.4 Å². The minimum absolute atomic E-state index is 0.0304. The van der Waals surface area contributed by atoms with Gasteiger partial charge in [-0.05, 0) is 72.0 Å². The average molecular weight is 388 g/mol. The second-order valence-electron chi connectivity index (χ2n) is 7.03. The van der Waals surface area contributed by atoms with E-state index in [4.69, 9.17) is 11.0 Å². The molecule has 0 radical (unpaired) electrons. The van der Waals surface area contributed by atoms with Crippen LogP contribution in [0.4, 0.5) is 5.69 Å². The fourth-order valence-electron chi connectivity index (χ4n) is 3.62. The minimum atomic E-state index is -0.701. The number of nitrogens with zero attached hydrogens (tertiary/aromatic N) is 2. The summed E-state index contributed by atoms with van der Waals surface area (Å²) in [7, 11) is 0. The van der Waals surface area contributed by atoms with Crippen LogP contribution in [0.15, 0.2) is 54.1 Å². The van der Waals surface area contributed by atoms with Gasteiger partial charge in [0.15, 0.2) is 0 Å². The molecule has 2 heterocycles. The van der Waals surface area contributed by atoms with Crippen molar-refractivity contribution in [3.63, 3.8) is 0 Å². The highest BCUT2D eigenvalue weighted by Crippen LogP contribution is 2.33. The van der Waals surface area contributed by atoms with Crippen molar-refractivity contribution in [3.05, 3.63) is 59.0 Å². The molecule has 0 unspecified atom stereocenters. The van der Waals surface area contributed by atoms with Crippen molar-refractivity contribution in [2.75, 3.05) is 18.0 Å². The monoisotopic (exact) mass is 387 g/mol. The highest BCUT2D eigenvalue weighted by molar-refractivity contribution is 7.16. The Bertz CT molecular complexity index is 1100. The number of primary amides is 1. The largest absolute Gasteiger partial charge is 0.372 e. The molecule has 28 heavy (non-hydrogen) atoms. The predicted octanol–water partition coefficient (Wildman–Crippen LogP) is 4.95. The first-order valence-corrected chi connectivity index (χ1v) is 10.3. The fourth-order valence-corrected chi connectivity index (χ4v) is 4.57. The van der Waals surface area contributed by atoms with Crippen molar-refractivity contribution >= 4 is 39.8 Å². The van der Waals surface area contributed by atoms with Crippen LogP contribution in [-0.4, -0.2) is 19.0 Å². The maximum absolute atomic E-state index is 11.2. The number of hydrogen-bond acceptors (Lipinski definition) is 4. The Hall–Kier alpha value is -3.10. The SMILES string of the molecule is N#CC(=Cc1ccc(-c2ccc3cc(N4CCCCC4)ccc3c2)s1)C(N)=O. The number of nitriles is 1. The predicted molar refractivity (Wildman–Crippen MR) is 116 cm³/mol. The summed E-state index contributed by atoms with van der Waals surface area (Å²) in [5.41, 5.74) is 7.61. The van der Waals surface area contributed by atoms with Crippen LogP contribution in [0.2, 0.25) is 0 Å². The highest BCUT2D eigenvalue weighted by atomic mass is 32.1. The Morgan fingerprint density at radius 1 is 1.04 bits per heavy atom. The molecule has 2 aromatic carbocycles. The molecule has 0 saturated carbocycles. The van der Waals surface area contributed by atoms with Gasteiger partial charge in [-0.25, -0.2) is 0 Å². The zero-order chi connectivity index (χ0) is 19.5. The van der Waals surface area contributed by atoms with Gasteiger partial charge < -0.3 is 10.6 Å². The lowest BCUT2D eigenvalue weighted by molar-refractivity contribution is -0.114. The lowest BCUT2D eigenvalue weighted by Crippen LogP contribution is -2.29. The molecule has 0 aliphatic carbocycles. The average Bonchev–Trinajstić information content (AvgIpc) is 3.20. The molecule has 1 aliphatic heterocycles. The number of benzene rings is 2. The van der Waals surface area contributed by atoms with Crippen LogP contribution in [-0.2, 0) is 4.79 Å². The van der Waals surface area contributed by atoms with Gasteiger partial charge in [0.25, 0.3) is 5.91 Å². The first-order valence-electron chi connectivity index (χ1n) is 9.44. The number of hydrogen-bond donors (Lipinski definition) is 1. The quantitative estimate of drug-likeness (QED) is 0.508. The van der Waals surface area contributed by atoms with Gasteiger partial charge in [0.2, 0.25) is 0 Å². The summed E-state index contributed by atoms with van der Waals surface area (Å²) < 4.78 is 0. The van der Waals surface area contributed by atoms with E-state index in [9.17, 15) is 4.79 Å². The van der Waals surface area contributed by atoms with E-state index in [0.29, 0.717) is 0 Å². The van der Waals surface area contributed by atoms with Crippen LogP contribution in [0.3, 0.4) is 0 Å². The third-order valence-corrected chi connectivity index (χ3v) is 6.21. The summed E-state index contributed by atoms with van der Waals surface area (Å²) in [5, 5.41) is 11.4. The first kappa shape index (κ1) is 18.3. The van der Waals surface area contributed by atoms with Crippen LogP contribution >= 0.6 is 11.3 Å². The summed E-state index contributed by atoms with van der Waals surface area (Å²) in [5.74, 6) is -0.701. The van der Waals surface area contributed by atoms with E-state index >= 15 is 0 Å². The van der Waals surface area contributed by atoms with Crippen LogP contribution in [0.25, 0.3) is 27.3 Å². The van der Waals surface area contributed by atoms with Crippen LogP contribution in [0, 0.1) is 11.3 Å².